The molecule has 0 aliphatic heterocycles. The van der Waals surface area contributed by atoms with Crippen LogP contribution in [0.2, 0.25) is 0 Å². The first-order valence-electron chi connectivity index (χ1n) is 8.12. The normalized spacial score (nSPS) is 10.3. The Hall–Kier alpha value is -3.32. The van der Waals surface area contributed by atoms with Crippen molar-refractivity contribution >= 4 is 5.82 Å². The van der Waals surface area contributed by atoms with Gasteiger partial charge in [0.15, 0.2) is 0 Å². The van der Waals surface area contributed by atoms with Crippen molar-refractivity contribution in [2.75, 3.05) is 12.8 Å². The zero-order valence-corrected chi connectivity index (χ0v) is 14.3. The van der Waals surface area contributed by atoms with Gasteiger partial charge in [0.1, 0.15) is 23.2 Å². The van der Waals surface area contributed by atoms with Crippen molar-refractivity contribution in [1.29, 1.82) is 5.26 Å². The fraction of sp³-hybridized carbons (Fsp3) is 0.143. The highest BCUT2D eigenvalue weighted by atomic mass is 16.5. The molecule has 0 radical (unpaired) electrons. The third-order valence-corrected chi connectivity index (χ3v) is 4.21. The van der Waals surface area contributed by atoms with Gasteiger partial charge >= 0.3 is 0 Å². The smallest absolute Gasteiger partial charge is 0.142 e. The second-order valence-electron chi connectivity index (χ2n) is 5.61. The highest BCUT2D eigenvalue weighted by Gasteiger charge is 2.21. The van der Waals surface area contributed by atoms with E-state index in [1.807, 2.05) is 54.6 Å². The van der Waals surface area contributed by atoms with Crippen molar-refractivity contribution in [3.8, 4) is 34.2 Å². The van der Waals surface area contributed by atoms with Gasteiger partial charge in [-0.3, -0.25) is 0 Å². The first kappa shape index (κ1) is 16.5. The number of methoxy groups -OCH3 is 1. The minimum atomic E-state index is 0.236. The Balaban J connectivity index is 2.41. The summed E-state index contributed by atoms with van der Waals surface area (Å²) in [6, 6.07) is 19.8. The molecule has 0 aliphatic rings. The van der Waals surface area contributed by atoms with Crippen molar-refractivity contribution in [2.24, 2.45) is 0 Å². The summed E-state index contributed by atoms with van der Waals surface area (Å²) >= 11 is 0. The van der Waals surface area contributed by atoms with Crippen LogP contribution < -0.4 is 10.5 Å². The maximum Gasteiger partial charge on any atom is 0.142 e. The molecule has 124 valence electrons. The third-order valence-electron chi connectivity index (χ3n) is 4.21. The van der Waals surface area contributed by atoms with Gasteiger partial charge in [-0.25, -0.2) is 4.98 Å². The van der Waals surface area contributed by atoms with Crippen molar-refractivity contribution in [3.05, 3.63) is 65.7 Å². The fourth-order valence-electron chi connectivity index (χ4n) is 3.08. The molecule has 4 nitrogen and oxygen atoms in total. The van der Waals surface area contributed by atoms with Gasteiger partial charge in [0.05, 0.1) is 12.8 Å². The lowest BCUT2D eigenvalue weighted by Crippen LogP contribution is -2.05. The SMILES string of the molecule is CCc1c(-c2ccccc2)nc(N)c(C#N)c1-c1ccccc1OC. The van der Waals surface area contributed by atoms with Gasteiger partial charge in [-0.15, -0.1) is 0 Å². The summed E-state index contributed by atoms with van der Waals surface area (Å²) < 4.78 is 5.51. The molecule has 25 heavy (non-hydrogen) atoms. The van der Waals surface area contributed by atoms with Gasteiger partial charge in [-0.05, 0) is 18.1 Å². The third kappa shape index (κ3) is 2.92. The van der Waals surface area contributed by atoms with Crippen LogP contribution in [0, 0.1) is 11.3 Å². The van der Waals surface area contributed by atoms with E-state index < -0.39 is 0 Å². The summed E-state index contributed by atoms with van der Waals surface area (Å²) in [5.41, 5.74) is 11.0. The van der Waals surface area contributed by atoms with Crippen LogP contribution >= 0.6 is 0 Å². The quantitative estimate of drug-likeness (QED) is 0.768. The first-order chi connectivity index (χ1) is 12.2. The lowest BCUT2D eigenvalue weighted by Gasteiger charge is -2.18. The van der Waals surface area contributed by atoms with E-state index in [2.05, 4.69) is 18.0 Å². The summed E-state index contributed by atoms with van der Waals surface area (Å²) in [5, 5.41) is 9.69. The summed E-state index contributed by atoms with van der Waals surface area (Å²) in [6.45, 7) is 2.06. The summed E-state index contributed by atoms with van der Waals surface area (Å²) in [4.78, 5) is 4.54. The molecule has 0 amide bonds. The number of rotatable bonds is 4. The van der Waals surface area contributed by atoms with Crippen LogP contribution in [0.1, 0.15) is 18.1 Å². The molecule has 4 heteroatoms. The number of hydrogen-bond donors (Lipinski definition) is 1. The Labute approximate surface area is 147 Å². The van der Waals surface area contributed by atoms with Crippen LogP contribution in [0.3, 0.4) is 0 Å². The van der Waals surface area contributed by atoms with Crippen molar-refractivity contribution in [1.82, 2.24) is 4.98 Å². The number of nitrogen functional groups attached to an aromatic ring is 1. The Morgan fingerprint density at radius 3 is 2.40 bits per heavy atom. The monoisotopic (exact) mass is 329 g/mol. The number of ether oxygens (including phenoxy) is 1. The van der Waals surface area contributed by atoms with Gasteiger partial charge < -0.3 is 10.5 Å². The molecule has 1 heterocycles. The summed E-state index contributed by atoms with van der Waals surface area (Å²) in [5.74, 6) is 0.942. The number of para-hydroxylation sites is 1. The van der Waals surface area contributed by atoms with Crippen LogP contribution in [0.25, 0.3) is 22.4 Å². The molecule has 0 atom stereocenters. The first-order valence-corrected chi connectivity index (χ1v) is 8.12. The molecular weight excluding hydrogens is 310 g/mol. The molecular formula is C21H19N3O. The largest absolute Gasteiger partial charge is 0.496 e. The average molecular weight is 329 g/mol. The lowest BCUT2D eigenvalue weighted by atomic mass is 9.90. The predicted octanol–water partition coefficient (Wildman–Crippen LogP) is 4.44. The summed E-state index contributed by atoms with van der Waals surface area (Å²) in [6.07, 6.45) is 0.722. The number of nitrogens with zero attached hydrogens (tertiary/aromatic N) is 2. The number of anilines is 1. The number of aromatic nitrogens is 1. The van der Waals surface area contributed by atoms with E-state index in [0.717, 1.165) is 34.4 Å². The van der Waals surface area contributed by atoms with Crippen molar-refractivity contribution in [3.63, 3.8) is 0 Å². The Bertz CT molecular complexity index is 943. The zero-order valence-electron chi connectivity index (χ0n) is 14.3. The Morgan fingerprint density at radius 2 is 1.76 bits per heavy atom. The minimum absolute atomic E-state index is 0.236. The maximum atomic E-state index is 9.69. The van der Waals surface area contributed by atoms with E-state index in [1.54, 1.807) is 7.11 Å². The van der Waals surface area contributed by atoms with Crippen molar-refractivity contribution in [2.45, 2.75) is 13.3 Å². The molecule has 3 rings (SSSR count). The molecule has 2 aromatic carbocycles. The molecule has 0 saturated heterocycles. The van der Waals surface area contributed by atoms with E-state index >= 15 is 0 Å². The van der Waals surface area contributed by atoms with Gasteiger partial charge in [-0.2, -0.15) is 5.26 Å². The molecule has 3 aromatic rings. The van der Waals surface area contributed by atoms with Crippen molar-refractivity contribution < 1.29 is 4.74 Å². The highest BCUT2D eigenvalue weighted by Crippen LogP contribution is 2.40. The predicted molar refractivity (Wildman–Crippen MR) is 100 cm³/mol. The van der Waals surface area contributed by atoms with Gasteiger partial charge in [0.25, 0.3) is 0 Å². The van der Waals surface area contributed by atoms with Crippen LogP contribution in [0.4, 0.5) is 5.82 Å². The molecule has 2 N–H and O–H groups in total. The topological polar surface area (TPSA) is 71.9 Å². The highest BCUT2D eigenvalue weighted by molar-refractivity contribution is 5.86. The molecule has 0 unspecified atom stereocenters. The number of hydrogen-bond acceptors (Lipinski definition) is 4. The maximum absolute atomic E-state index is 9.69. The number of nitriles is 1. The number of pyridine rings is 1. The van der Waals surface area contributed by atoms with Gasteiger partial charge in [0.2, 0.25) is 0 Å². The van der Waals surface area contributed by atoms with E-state index in [4.69, 9.17) is 10.5 Å². The molecule has 1 aromatic heterocycles. The molecule has 0 aliphatic carbocycles. The van der Waals surface area contributed by atoms with E-state index in [0.29, 0.717) is 11.3 Å². The van der Waals surface area contributed by atoms with Gasteiger partial charge in [-0.1, -0.05) is 55.5 Å². The fourth-order valence-corrected chi connectivity index (χ4v) is 3.08. The minimum Gasteiger partial charge on any atom is -0.496 e. The molecule has 0 bridgehead atoms. The zero-order chi connectivity index (χ0) is 17.8. The Morgan fingerprint density at radius 1 is 1.08 bits per heavy atom. The standard InChI is InChI=1S/C21H19N3O/c1-3-15-19(16-11-7-8-12-18(16)25-2)17(13-22)21(23)24-20(15)14-9-5-4-6-10-14/h4-12H,3H2,1-2H3,(H2,23,24). The van der Waals surface area contributed by atoms with Crippen LogP contribution in [-0.2, 0) is 6.42 Å². The lowest BCUT2D eigenvalue weighted by molar-refractivity contribution is 0.416. The number of nitrogens with two attached hydrogens (primary N) is 1. The number of benzene rings is 2. The molecule has 0 saturated carbocycles. The van der Waals surface area contributed by atoms with Crippen LogP contribution in [0.15, 0.2) is 54.6 Å². The van der Waals surface area contributed by atoms with E-state index in [1.165, 1.54) is 0 Å². The van der Waals surface area contributed by atoms with Gasteiger partial charge in [0, 0.05) is 16.7 Å². The second-order valence-corrected chi connectivity index (χ2v) is 5.61. The molecule has 0 fully saturated rings. The molecule has 0 spiro atoms. The average Bonchev–Trinajstić information content (AvgIpc) is 2.67. The second kappa shape index (κ2) is 7.06. The van der Waals surface area contributed by atoms with Crippen LogP contribution in [-0.4, -0.2) is 12.1 Å². The van der Waals surface area contributed by atoms with Crippen LogP contribution in [0.5, 0.6) is 5.75 Å². The Kier molecular flexibility index (Phi) is 4.67. The van der Waals surface area contributed by atoms with E-state index in [9.17, 15) is 5.26 Å². The summed E-state index contributed by atoms with van der Waals surface area (Å²) in [7, 11) is 1.62. The van der Waals surface area contributed by atoms with E-state index in [-0.39, 0.29) is 5.82 Å².